The molecule has 1 aromatic carbocycles. The molecule has 0 atom stereocenters. The van der Waals surface area contributed by atoms with Crippen LogP contribution < -0.4 is 4.31 Å². The fourth-order valence-corrected chi connectivity index (χ4v) is 5.16. The standard InChI is InChI=1S/C20H23N3O3S2/c1-5-6-16-7-9-17(10-8-16)28(25,26)22(4)18-11-12-27-19(18)20(24)23-15(3)13-14(2)21-23/h7-13H,5-6H2,1-4H3. The Labute approximate surface area is 169 Å². The normalized spacial score (nSPS) is 11.6. The maximum absolute atomic E-state index is 13.1. The summed E-state index contributed by atoms with van der Waals surface area (Å²) in [5.41, 5.74) is 2.89. The minimum atomic E-state index is -3.78. The first-order valence-electron chi connectivity index (χ1n) is 8.99. The van der Waals surface area contributed by atoms with Gasteiger partial charge in [-0.3, -0.25) is 9.10 Å². The van der Waals surface area contributed by atoms with E-state index in [-0.39, 0.29) is 10.8 Å². The van der Waals surface area contributed by atoms with E-state index < -0.39 is 10.0 Å². The number of hydrogen-bond donors (Lipinski definition) is 0. The second-order valence-electron chi connectivity index (χ2n) is 6.65. The maximum atomic E-state index is 13.1. The second kappa shape index (κ2) is 7.89. The van der Waals surface area contributed by atoms with Crippen LogP contribution in [0.2, 0.25) is 0 Å². The molecule has 0 radical (unpaired) electrons. The van der Waals surface area contributed by atoms with E-state index in [0.29, 0.717) is 16.3 Å². The molecular formula is C20H23N3O3S2. The number of carbonyl (C=O) groups excluding carboxylic acids is 1. The van der Waals surface area contributed by atoms with Gasteiger partial charge in [-0.2, -0.15) is 5.10 Å². The van der Waals surface area contributed by atoms with E-state index in [1.807, 2.05) is 25.1 Å². The Kier molecular flexibility index (Phi) is 5.71. The number of thiophene rings is 1. The van der Waals surface area contributed by atoms with Crippen LogP contribution in [-0.2, 0) is 16.4 Å². The fourth-order valence-electron chi connectivity index (χ4n) is 3.05. The third-order valence-electron chi connectivity index (χ3n) is 4.50. The summed E-state index contributed by atoms with van der Waals surface area (Å²) in [5.74, 6) is -0.337. The highest BCUT2D eigenvalue weighted by Gasteiger charge is 2.27. The highest BCUT2D eigenvalue weighted by molar-refractivity contribution is 7.92. The van der Waals surface area contributed by atoms with Crippen molar-refractivity contribution in [3.63, 3.8) is 0 Å². The van der Waals surface area contributed by atoms with Gasteiger partial charge in [0.25, 0.3) is 15.9 Å². The highest BCUT2D eigenvalue weighted by atomic mass is 32.2. The first kappa shape index (κ1) is 20.3. The molecule has 2 aromatic heterocycles. The summed E-state index contributed by atoms with van der Waals surface area (Å²) in [6.45, 7) is 5.69. The average Bonchev–Trinajstić information content (AvgIpc) is 3.27. The third-order valence-corrected chi connectivity index (χ3v) is 7.18. The Balaban J connectivity index is 1.95. The summed E-state index contributed by atoms with van der Waals surface area (Å²) in [7, 11) is -2.31. The van der Waals surface area contributed by atoms with E-state index >= 15 is 0 Å². The summed E-state index contributed by atoms with van der Waals surface area (Å²) in [5, 5.41) is 5.93. The first-order chi connectivity index (χ1) is 13.3. The van der Waals surface area contributed by atoms with Crippen molar-refractivity contribution in [3.8, 4) is 0 Å². The molecule has 0 saturated heterocycles. The molecule has 148 valence electrons. The summed E-state index contributed by atoms with van der Waals surface area (Å²) in [6.07, 6.45) is 1.90. The number of sulfonamides is 1. The molecule has 8 heteroatoms. The molecule has 3 rings (SSSR count). The molecule has 0 aliphatic carbocycles. The van der Waals surface area contributed by atoms with E-state index in [9.17, 15) is 13.2 Å². The quantitative estimate of drug-likeness (QED) is 0.607. The predicted octanol–water partition coefficient (Wildman–Crippen LogP) is 4.03. The number of carbonyl (C=O) groups is 1. The van der Waals surface area contributed by atoms with Crippen molar-refractivity contribution in [2.24, 2.45) is 0 Å². The summed E-state index contributed by atoms with van der Waals surface area (Å²) in [6, 6.07) is 10.4. The molecule has 0 aliphatic rings. The van der Waals surface area contributed by atoms with Gasteiger partial charge >= 0.3 is 0 Å². The van der Waals surface area contributed by atoms with Gasteiger partial charge in [-0.05, 0) is 55.5 Å². The Hall–Kier alpha value is -2.45. The van der Waals surface area contributed by atoms with Crippen LogP contribution in [0.5, 0.6) is 0 Å². The van der Waals surface area contributed by atoms with Gasteiger partial charge in [-0.1, -0.05) is 25.5 Å². The van der Waals surface area contributed by atoms with Crippen molar-refractivity contribution in [3.05, 3.63) is 63.6 Å². The van der Waals surface area contributed by atoms with E-state index in [0.717, 1.165) is 28.4 Å². The molecule has 0 saturated carbocycles. The van der Waals surface area contributed by atoms with Gasteiger partial charge in [0.2, 0.25) is 0 Å². The van der Waals surface area contributed by atoms with Gasteiger partial charge in [-0.25, -0.2) is 13.1 Å². The van der Waals surface area contributed by atoms with Crippen LogP contribution in [0.3, 0.4) is 0 Å². The number of nitrogens with zero attached hydrogens (tertiary/aromatic N) is 3. The Morgan fingerprint density at radius 1 is 1.18 bits per heavy atom. The number of aryl methyl sites for hydroxylation is 3. The topological polar surface area (TPSA) is 72.3 Å². The van der Waals surface area contributed by atoms with Gasteiger partial charge in [-0.15, -0.1) is 11.3 Å². The molecule has 6 nitrogen and oxygen atoms in total. The number of benzene rings is 1. The maximum Gasteiger partial charge on any atom is 0.290 e. The van der Waals surface area contributed by atoms with Crippen LogP contribution >= 0.6 is 11.3 Å². The zero-order chi connectivity index (χ0) is 20.5. The number of aromatic nitrogens is 2. The smallest absolute Gasteiger partial charge is 0.268 e. The number of hydrogen-bond acceptors (Lipinski definition) is 5. The van der Waals surface area contributed by atoms with Crippen molar-refractivity contribution < 1.29 is 13.2 Å². The lowest BCUT2D eigenvalue weighted by molar-refractivity contribution is 0.0947. The van der Waals surface area contributed by atoms with Crippen LogP contribution in [0.15, 0.2) is 46.7 Å². The molecule has 3 aromatic rings. The minimum absolute atomic E-state index is 0.200. The molecule has 28 heavy (non-hydrogen) atoms. The Bertz CT molecular complexity index is 1100. The van der Waals surface area contributed by atoms with Crippen LogP contribution in [0.25, 0.3) is 0 Å². The lowest BCUT2D eigenvalue weighted by Gasteiger charge is -2.20. The van der Waals surface area contributed by atoms with Crippen LogP contribution in [0.1, 0.15) is 40.0 Å². The molecule has 0 amide bonds. The highest BCUT2D eigenvalue weighted by Crippen LogP contribution is 2.31. The van der Waals surface area contributed by atoms with Gasteiger partial charge < -0.3 is 0 Å². The van der Waals surface area contributed by atoms with Crippen LogP contribution in [-0.4, -0.2) is 31.2 Å². The summed E-state index contributed by atoms with van der Waals surface area (Å²) < 4.78 is 28.6. The van der Waals surface area contributed by atoms with Gasteiger partial charge in [0.15, 0.2) is 0 Å². The monoisotopic (exact) mass is 417 g/mol. The van der Waals surface area contributed by atoms with E-state index in [2.05, 4.69) is 12.0 Å². The zero-order valence-corrected chi connectivity index (χ0v) is 18.0. The molecule has 2 heterocycles. The second-order valence-corrected chi connectivity index (χ2v) is 9.53. The molecule has 0 N–H and O–H groups in total. The Morgan fingerprint density at radius 2 is 1.86 bits per heavy atom. The van der Waals surface area contributed by atoms with Crippen molar-refractivity contribution in [2.75, 3.05) is 11.4 Å². The SMILES string of the molecule is CCCc1ccc(S(=O)(=O)N(C)c2ccsc2C(=O)n2nc(C)cc2C)cc1. The van der Waals surface area contributed by atoms with Crippen molar-refractivity contribution in [1.82, 2.24) is 9.78 Å². The van der Waals surface area contributed by atoms with E-state index in [4.69, 9.17) is 0 Å². The lowest BCUT2D eigenvalue weighted by atomic mass is 10.1. The lowest BCUT2D eigenvalue weighted by Crippen LogP contribution is -2.28. The molecule has 0 bridgehead atoms. The van der Waals surface area contributed by atoms with Gasteiger partial charge in [0.1, 0.15) is 4.88 Å². The van der Waals surface area contributed by atoms with E-state index in [1.165, 1.54) is 23.1 Å². The molecule has 0 spiro atoms. The Morgan fingerprint density at radius 3 is 2.43 bits per heavy atom. The van der Waals surface area contributed by atoms with Crippen molar-refractivity contribution in [1.29, 1.82) is 0 Å². The fraction of sp³-hybridized carbons (Fsp3) is 0.300. The van der Waals surface area contributed by atoms with Crippen LogP contribution in [0, 0.1) is 13.8 Å². The van der Waals surface area contributed by atoms with Gasteiger partial charge in [0, 0.05) is 12.7 Å². The minimum Gasteiger partial charge on any atom is -0.268 e. The third kappa shape index (κ3) is 3.74. The summed E-state index contributed by atoms with van der Waals surface area (Å²) >= 11 is 1.20. The molecule has 0 fully saturated rings. The zero-order valence-electron chi connectivity index (χ0n) is 16.3. The number of rotatable bonds is 6. The van der Waals surface area contributed by atoms with Crippen LogP contribution in [0.4, 0.5) is 5.69 Å². The first-order valence-corrected chi connectivity index (χ1v) is 11.3. The molecular weight excluding hydrogens is 394 g/mol. The van der Waals surface area contributed by atoms with Gasteiger partial charge in [0.05, 0.1) is 16.3 Å². The average molecular weight is 418 g/mol. The largest absolute Gasteiger partial charge is 0.290 e. The van der Waals surface area contributed by atoms with Crippen molar-refractivity contribution >= 4 is 33.0 Å². The molecule has 0 unspecified atom stereocenters. The van der Waals surface area contributed by atoms with E-state index in [1.54, 1.807) is 30.5 Å². The molecule has 0 aliphatic heterocycles. The summed E-state index contributed by atoms with van der Waals surface area (Å²) in [4.78, 5) is 13.5. The number of anilines is 1. The predicted molar refractivity (Wildman–Crippen MR) is 112 cm³/mol. The van der Waals surface area contributed by atoms with Crippen molar-refractivity contribution in [2.45, 2.75) is 38.5 Å².